The van der Waals surface area contributed by atoms with Crippen molar-refractivity contribution in [2.24, 2.45) is 0 Å². The van der Waals surface area contributed by atoms with Gasteiger partial charge in [-0.25, -0.2) is 9.59 Å². The van der Waals surface area contributed by atoms with E-state index in [0.29, 0.717) is 5.56 Å². The topological polar surface area (TPSA) is 81.7 Å². The molecule has 0 aliphatic heterocycles. The number of hydrogen-bond acceptors (Lipinski definition) is 5. The van der Waals surface area contributed by atoms with Crippen molar-refractivity contribution in [2.75, 3.05) is 6.61 Å². The highest BCUT2D eigenvalue weighted by Crippen LogP contribution is 2.17. The smallest absolute Gasteiger partial charge is 0.408 e. The minimum absolute atomic E-state index is 0.0936. The summed E-state index contributed by atoms with van der Waals surface area (Å²) in [5.41, 5.74) is -0.451. The molecule has 2 aromatic rings. The maximum Gasteiger partial charge on any atom is 0.408 e. The molecule has 0 fully saturated rings. The zero-order valence-corrected chi connectivity index (χ0v) is 15.4. The molecule has 0 radical (unpaired) electrons. The molecule has 0 saturated carbocycles. The predicted octanol–water partition coefficient (Wildman–Crippen LogP) is 3.48. The molecule has 6 heteroatoms. The highest BCUT2D eigenvalue weighted by molar-refractivity contribution is 6.14. The van der Waals surface area contributed by atoms with E-state index in [1.165, 1.54) is 0 Å². The number of esters is 1. The monoisotopic (exact) mass is 357 g/mol. The van der Waals surface area contributed by atoms with E-state index in [0.717, 1.165) is 10.8 Å². The van der Waals surface area contributed by atoms with E-state index in [2.05, 4.69) is 5.32 Å². The molecule has 0 aliphatic carbocycles. The summed E-state index contributed by atoms with van der Waals surface area (Å²) in [5.74, 6) is -1.38. The summed E-state index contributed by atoms with van der Waals surface area (Å²) in [7, 11) is 0. The van der Waals surface area contributed by atoms with Crippen LogP contribution in [0.3, 0.4) is 0 Å². The number of ketones is 1. The molecule has 0 aliphatic rings. The molecule has 1 atom stereocenters. The first-order valence-electron chi connectivity index (χ1n) is 8.40. The Balaban J connectivity index is 2.28. The maximum absolute atomic E-state index is 12.8. The molecule has 26 heavy (non-hydrogen) atoms. The molecule has 0 bridgehead atoms. The molecule has 1 N–H and O–H groups in total. The number of alkyl carbamates (subject to hydrolysis) is 1. The van der Waals surface area contributed by atoms with Crippen molar-refractivity contribution >= 4 is 28.6 Å². The lowest BCUT2D eigenvalue weighted by atomic mass is 10.0. The number of benzene rings is 2. The van der Waals surface area contributed by atoms with Crippen LogP contribution in [-0.4, -0.2) is 36.1 Å². The van der Waals surface area contributed by atoms with Crippen LogP contribution in [0.4, 0.5) is 4.79 Å². The highest BCUT2D eigenvalue weighted by Gasteiger charge is 2.32. The number of nitrogens with one attached hydrogen (secondary N) is 1. The van der Waals surface area contributed by atoms with Gasteiger partial charge in [0.1, 0.15) is 5.60 Å². The average molecular weight is 357 g/mol. The summed E-state index contributed by atoms with van der Waals surface area (Å²) >= 11 is 0. The summed E-state index contributed by atoms with van der Waals surface area (Å²) < 4.78 is 10.1. The number of ether oxygens (including phenoxy) is 2. The summed E-state index contributed by atoms with van der Waals surface area (Å²) in [4.78, 5) is 37.1. The van der Waals surface area contributed by atoms with Gasteiger partial charge in [0.15, 0.2) is 11.8 Å². The normalized spacial score (nSPS) is 12.3. The molecule has 1 unspecified atom stereocenters. The second kappa shape index (κ2) is 7.99. The van der Waals surface area contributed by atoms with Crippen LogP contribution < -0.4 is 5.32 Å². The van der Waals surface area contributed by atoms with Crippen molar-refractivity contribution in [3.8, 4) is 0 Å². The molecular weight excluding hydrogens is 334 g/mol. The minimum atomic E-state index is -1.47. The third-order valence-electron chi connectivity index (χ3n) is 3.48. The van der Waals surface area contributed by atoms with Crippen LogP contribution in [0.5, 0.6) is 0 Å². The second-order valence-corrected chi connectivity index (χ2v) is 6.76. The first kappa shape index (κ1) is 19.4. The Morgan fingerprint density at radius 1 is 1.04 bits per heavy atom. The van der Waals surface area contributed by atoms with Crippen molar-refractivity contribution in [3.05, 3.63) is 48.0 Å². The zero-order chi connectivity index (χ0) is 19.3. The van der Waals surface area contributed by atoms with E-state index >= 15 is 0 Å². The van der Waals surface area contributed by atoms with Crippen LogP contribution >= 0.6 is 0 Å². The molecule has 0 saturated heterocycles. The number of hydrogen-bond donors (Lipinski definition) is 1. The van der Waals surface area contributed by atoms with E-state index in [4.69, 9.17) is 9.47 Å². The van der Waals surface area contributed by atoms with E-state index in [-0.39, 0.29) is 6.61 Å². The molecule has 1 amide bonds. The van der Waals surface area contributed by atoms with Crippen LogP contribution in [-0.2, 0) is 14.3 Å². The van der Waals surface area contributed by atoms with Gasteiger partial charge in [0.2, 0.25) is 0 Å². The lowest BCUT2D eigenvalue weighted by molar-refractivity contribution is -0.144. The Bertz CT molecular complexity index is 822. The Labute approximate surface area is 152 Å². The zero-order valence-electron chi connectivity index (χ0n) is 15.4. The largest absolute Gasteiger partial charge is 0.464 e. The Hall–Kier alpha value is -2.89. The predicted molar refractivity (Wildman–Crippen MR) is 98.1 cm³/mol. The average Bonchev–Trinajstić information content (AvgIpc) is 2.57. The first-order valence-corrected chi connectivity index (χ1v) is 8.40. The lowest BCUT2D eigenvalue weighted by Crippen LogP contribution is -2.49. The Kier molecular flexibility index (Phi) is 5.97. The number of carbonyl (C=O) groups is 3. The molecule has 0 aromatic heterocycles. The number of rotatable bonds is 5. The van der Waals surface area contributed by atoms with Gasteiger partial charge in [-0.1, -0.05) is 36.4 Å². The van der Waals surface area contributed by atoms with Gasteiger partial charge in [0, 0.05) is 5.56 Å². The molecule has 138 valence electrons. The first-order chi connectivity index (χ1) is 12.2. The van der Waals surface area contributed by atoms with Gasteiger partial charge in [0.05, 0.1) is 6.61 Å². The van der Waals surface area contributed by atoms with Crippen LogP contribution in [0.2, 0.25) is 0 Å². The van der Waals surface area contributed by atoms with Gasteiger partial charge in [0.25, 0.3) is 0 Å². The van der Waals surface area contributed by atoms with E-state index < -0.39 is 29.5 Å². The molecular formula is C20H23NO5. The van der Waals surface area contributed by atoms with Crippen LogP contribution in [0.15, 0.2) is 42.5 Å². The highest BCUT2D eigenvalue weighted by atomic mass is 16.6. The second-order valence-electron chi connectivity index (χ2n) is 6.76. The van der Waals surface area contributed by atoms with Gasteiger partial charge < -0.3 is 14.8 Å². The molecule has 0 heterocycles. The van der Waals surface area contributed by atoms with Gasteiger partial charge in [-0.05, 0) is 44.5 Å². The van der Waals surface area contributed by atoms with Crippen molar-refractivity contribution in [1.82, 2.24) is 5.32 Å². The van der Waals surface area contributed by atoms with Crippen LogP contribution in [0, 0.1) is 0 Å². The van der Waals surface area contributed by atoms with Gasteiger partial charge in [-0.3, -0.25) is 4.79 Å². The SMILES string of the molecule is CCOC(=O)C(NC(=O)OC(C)(C)C)C(=O)c1ccc2ccccc2c1. The van der Waals surface area contributed by atoms with Gasteiger partial charge in [-0.15, -0.1) is 0 Å². The van der Waals surface area contributed by atoms with Crippen molar-refractivity contribution < 1.29 is 23.9 Å². The summed E-state index contributed by atoms with van der Waals surface area (Å²) in [6.45, 7) is 6.80. The van der Waals surface area contributed by atoms with Crippen molar-refractivity contribution in [3.63, 3.8) is 0 Å². The third kappa shape index (κ3) is 5.05. The molecule has 6 nitrogen and oxygen atoms in total. The van der Waals surface area contributed by atoms with Crippen LogP contribution in [0.25, 0.3) is 10.8 Å². The summed E-state index contributed by atoms with van der Waals surface area (Å²) in [5, 5.41) is 4.15. The fourth-order valence-corrected chi connectivity index (χ4v) is 2.39. The number of amides is 1. The summed E-state index contributed by atoms with van der Waals surface area (Å²) in [6, 6.07) is 11.2. The van der Waals surface area contributed by atoms with E-state index in [1.807, 2.05) is 24.3 Å². The van der Waals surface area contributed by atoms with Crippen molar-refractivity contribution in [2.45, 2.75) is 39.3 Å². The van der Waals surface area contributed by atoms with Crippen LogP contribution in [0.1, 0.15) is 38.1 Å². The Morgan fingerprint density at radius 3 is 2.31 bits per heavy atom. The summed E-state index contributed by atoms with van der Waals surface area (Å²) in [6.07, 6.45) is -0.857. The molecule has 2 rings (SSSR count). The third-order valence-corrected chi connectivity index (χ3v) is 3.48. The van der Waals surface area contributed by atoms with Crippen molar-refractivity contribution in [1.29, 1.82) is 0 Å². The number of Topliss-reactive ketones (excluding diaryl/α,β-unsaturated/α-hetero) is 1. The van der Waals surface area contributed by atoms with E-state index in [9.17, 15) is 14.4 Å². The minimum Gasteiger partial charge on any atom is -0.464 e. The fraction of sp³-hybridized carbons (Fsp3) is 0.350. The molecule has 2 aromatic carbocycles. The fourth-order valence-electron chi connectivity index (χ4n) is 2.39. The number of carbonyl (C=O) groups excluding carboxylic acids is 3. The maximum atomic E-state index is 12.8. The van der Waals surface area contributed by atoms with Gasteiger partial charge in [-0.2, -0.15) is 0 Å². The quantitative estimate of drug-likeness (QED) is 0.503. The number of fused-ring (bicyclic) bond motifs is 1. The Morgan fingerprint density at radius 2 is 1.69 bits per heavy atom. The molecule has 0 spiro atoms. The van der Waals surface area contributed by atoms with E-state index in [1.54, 1.807) is 45.9 Å². The standard InChI is InChI=1S/C20H23NO5/c1-5-25-18(23)16(21-19(24)26-20(2,3)4)17(22)15-11-10-13-8-6-7-9-14(13)12-15/h6-12,16H,5H2,1-4H3,(H,21,24). The van der Waals surface area contributed by atoms with Gasteiger partial charge >= 0.3 is 12.1 Å². The lowest BCUT2D eigenvalue weighted by Gasteiger charge is -2.22.